The molecule has 2 N–H and O–H groups in total. The Morgan fingerprint density at radius 1 is 1.20 bits per heavy atom. The quantitative estimate of drug-likeness (QED) is 0.419. The summed E-state index contributed by atoms with van der Waals surface area (Å²) >= 11 is 2.12. The standard InChI is InChI=1S/C28H40N2O4S/c1-34-22-8-9-26-25(18-22)24(11-13-29-26)27(31)10-7-20-12-14-30(19-21(20)17-28(32)33)15-16-35-23-5-3-2-4-6-23/h8-9,11,13,18,20-21,23,27,31H,2-7,10,12,14-17,19H2,1H3,(H,32,33)/t20-,21+,27+/m1/s1. The fourth-order valence-electron chi connectivity index (χ4n) is 5.87. The maximum atomic E-state index is 11.6. The first-order valence-corrected chi connectivity index (χ1v) is 14.2. The second-order valence-corrected chi connectivity index (χ2v) is 11.6. The van der Waals surface area contributed by atoms with E-state index in [4.69, 9.17) is 4.74 Å². The number of aliphatic hydroxyl groups is 1. The lowest BCUT2D eigenvalue weighted by Crippen LogP contribution is -2.42. The minimum absolute atomic E-state index is 0.141. The van der Waals surface area contributed by atoms with E-state index < -0.39 is 12.1 Å². The van der Waals surface area contributed by atoms with Gasteiger partial charge in [0.05, 0.1) is 18.7 Å². The van der Waals surface area contributed by atoms with Crippen LogP contribution in [0.5, 0.6) is 5.75 Å². The molecule has 6 nitrogen and oxygen atoms in total. The largest absolute Gasteiger partial charge is 0.497 e. The number of fused-ring (bicyclic) bond motifs is 1. The second-order valence-electron chi connectivity index (χ2n) is 10.2. The summed E-state index contributed by atoms with van der Waals surface area (Å²) in [6.07, 6.45) is 10.6. The number of nitrogens with zero attached hydrogens (tertiary/aromatic N) is 2. The smallest absolute Gasteiger partial charge is 0.303 e. The number of benzene rings is 1. The van der Waals surface area contributed by atoms with Gasteiger partial charge in [-0.1, -0.05) is 19.3 Å². The molecule has 0 radical (unpaired) electrons. The highest BCUT2D eigenvalue weighted by Crippen LogP contribution is 2.35. The number of hydrogen-bond donors (Lipinski definition) is 2. The highest BCUT2D eigenvalue weighted by molar-refractivity contribution is 7.99. The van der Waals surface area contributed by atoms with Crippen LogP contribution in [0.15, 0.2) is 30.5 Å². The number of piperidine rings is 1. The third kappa shape index (κ3) is 7.34. The van der Waals surface area contributed by atoms with Crippen LogP contribution >= 0.6 is 11.8 Å². The number of hydrogen-bond acceptors (Lipinski definition) is 6. The number of carboxylic acids is 1. The Bertz CT molecular complexity index is 965. The number of thioether (sulfide) groups is 1. The van der Waals surface area contributed by atoms with Crippen molar-refractivity contribution in [3.8, 4) is 5.75 Å². The lowest BCUT2D eigenvalue weighted by Gasteiger charge is -2.38. The molecular formula is C28H40N2O4S. The van der Waals surface area contributed by atoms with Gasteiger partial charge in [0.1, 0.15) is 5.75 Å². The molecule has 1 saturated heterocycles. The van der Waals surface area contributed by atoms with Crippen LogP contribution in [0.1, 0.15) is 69.5 Å². The van der Waals surface area contributed by atoms with Gasteiger partial charge in [-0.2, -0.15) is 11.8 Å². The maximum Gasteiger partial charge on any atom is 0.303 e. The van der Waals surface area contributed by atoms with Crippen molar-refractivity contribution in [1.29, 1.82) is 0 Å². The molecule has 0 bridgehead atoms. The summed E-state index contributed by atoms with van der Waals surface area (Å²) in [5, 5.41) is 22.4. The zero-order valence-electron chi connectivity index (χ0n) is 20.9. The number of pyridine rings is 1. The van der Waals surface area contributed by atoms with Crippen LogP contribution in [-0.4, -0.2) is 63.8 Å². The zero-order chi connectivity index (χ0) is 24.6. The van der Waals surface area contributed by atoms with Gasteiger partial charge in [0.25, 0.3) is 0 Å². The van der Waals surface area contributed by atoms with Crippen molar-refractivity contribution in [2.24, 2.45) is 11.8 Å². The van der Waals surface area contributed by atoms with Gasteiger partial charge >= 0.3 is 5.97 Å². The molecule has 0 spiro atoms. The summed E-state index contributed by atoms with van der Waals surface area (Å²) in [7, 11) is 1.64. The number of aliphatic hydroxyl groups excluding tert-OH is 1. The van der Waals surface area contributed by atoms with Crippen LogP contribution in [-0.2, 0) is 4.79 Å². The van der Waals surface area contributed by atoms with Crippen molar-refractivity contribution >= 4 is 28.6 Å². The minimum Gasteiger partial charge on any atom is -0.497 e. The van der Waals surface area contributed by atoms with Gasteiger partial charge in [0.15, 0.2) is 0 Å². The molecule has 3 atom stereocenters. The van der Waals surface area contributed by atoms with E-state index >= 15 is 0 Å². The van der Waals surface area contributed by atoms with E-state index in [-0.39, 0.29) is 12.3 Å². The third-order valence-electron chi connectivity index (χ3n) is 7.88. The molecule has 2 aliphatic rings. The van der Waals surface area contributed by atoms with Crippen molar-refractivity contribution in [2.45, 2.75) is 69.1 Å². The molecule has 35 heavy (non-hydrogen) atoms. The van der Waals surface area contributed by atoms with E-state index in [1.165, 1.54) is 32.1 Å². The number of carbonyl (C=O) groups is 1. The Morgan fingerprint density at radius 2 is 2.03 bits per heavy atom. The zero-order valence-corrected chi connectivity index (χ0v) is 21.7. The molecule has 0 amide bonds. The molecule has 192 valence electrons. The second kappa shape index (κ2) is 12.9. The van der Waals surface area contributed by atoms with Crippen LogP contribution in [0.3, 0.4) is 0 Å². The number of methoxy groups -OCH3 is 1. The topological polar surface area (TPSA) is 82.9 Å². The van der Waals surface area contributed by atoms with Gasteiger partial charge in [-0.25, -0.2) is 0 Å². The number of likely N-dealkylation sites (tertiary alicyclic amines) is 1. The SMILES string of the molecule is COc1ccc2nccc([C@@H](O)CC[C@@H]3CCN(CCSC4CCCCC4)C[C@@H]3CC(=O)O)c2c1. The van der Waals surface area contributed by atoms with Crippen LogP contribution in [0.25, 0.3) is 10.9 Å². The minimum atomic E-state index is -0.716. The molecule has 2 heterocycles. The lowest BCUT2D eigenvalue weighted by molar-refractivity contribution is -0.139. The molecule has 2 aromatic rings. The van der Waals surface area contributed by atoms with E-state index in [0.717, 1.165) is 65.7 Å². The van der Waals surface area contributed by atoms with E-state index in [1.807, 2.05) is 24.3 Å². The van der Waals surface area contributed by atoms with Gasteiger partial charge in [-0.3, -0.25) is 9.78 Å². The summed E-state index contributed by atoms with van der Waals surface area (Å²) in [4.78, 5) is 18.5. The van der Waals surface area contributed by atoms with Gasteiger partial charge < -0.3 is 19.8 Å². The highest BCUT2D eigenvalue weighted by atomic mass is 32.2. The first-order chi connectivity index (χ1) is 17.0. The van der Waals surface area contributed by atoms with Crippen molar-refractivity contribution in [3.63, 3.8) is 0 Å². The summed E-state index contributed by atoms with van der Waals surface area (Å²) in [6.45, 7) is 2.93. The molecule has 1 saturated carbocycles. The fourth-order valence-corrected chi connectivity index (χ4v) is 7.23. The normalized spacial score (nSPS) is 22.8. The average molecular weight is 501 g/mol. The molecule has 1 aromatic carbocycles. The summed E-state index contributed by atoms with van der Waals surface area (Å²) in [5.74, 6) is 1.64. The molecular weight excluding hydrogens is 460 g/mol. The van der Waals surface area contributed by atoms with Crippen LogP contribution in [0.2, 0.25) is 0 Å². The van der Waals surface area contributed by atoms with E-state index in [2.05, 4.69) is 21.6 Å². The third-order valence-corrected chi connectivity index (χ3v) is 9.24. The summed E-state index contributed by atoms with van der Waals surface area (Å²) in [5.41, 5.74) is 1.70. The first-order valence-electron chi connectivity index (χ1n) is 13.2. The van der Waals surface area contributed by atoms with E-state index in [9.17, 15) is 15.0 Å². The number of aromatic nitrogens is 1. The van der Waals surface area contributed by atoms with Gasteiger partial charge in [0.2, 0.25) is 0 Å². The van der Waals surface area contributed by atoms with Crippen molar-refractivity contribution < 1.29 is 19.7 Å². The van der Waals surface area contributed by atoms with Gasteiger partial charge in [-0.05, 0) is 80.3 Å². The predicted molar refractivity (Wildman–Crippen MR) is 142 cm³/mol. The van der Waals surface area contributed by atoms with Crippen LogP contribution in [0, 0.1) is 11.8 Å². The number of carboxylic acid groups (broad SMARTS) is 1. The monoisotopic (exact) mass is 500 g/mol. The fraction of sp³-hybridized carbons (Fsp3) is 0.643. The first kappa shape index (κ1) is 26.2. The number of ether oxygens (including phenoxy) is 1. The van der Waals surface area contributed by atoms with Crippen molar-refractivity contribution in [3.05, 3.63) is 36.0 Å². The molecule has 1 aliphatic carbocycles. The Balaban J connectivity index is 1.32. The summed E-state index contributed by atoms with van der Waals surface area (Å²) < 4.78 is 5.36. The molecule has 0 unspecified atom stereocenters. The molecule has 7 heteroatoms. The average Bonchev–Trinajstić information content (AvgIpc) is 2.87. The van der Waals surface area contributed by atoms with Crippen LogP contribution < -0.4 is 4.74 Å². The summed E-state index contributed by atoms with van der Waals surface area (Å²) in [6, 6.07) is 7.60. The predicted octanol–water partition coefficient (Wildman–Crippen LogP) is 5.54. The molecule has 1 aromatic heterocycles. The van der Waals surface area contributed by atoms with Crippen molar-refractivity contribution in [2.75, 3.05) is 32.5 Å². The van der Waals surface area contributed by atoms with E-state index in [0.29, 0.717) is 12.3 Å². The number of rotatable bonds is 11. The Hall–Kier alpha value is -1.83. The highest BCUT2D eigenvalue weighted by Gasteiger charge is 2.31. The van der Waals surface area contributed by atoms with E-state index in [1.54, 1.807) is 13.3 Å². The molecule has 2 fully saturated rings. The van der Waals surface area contributed by atoms with Crippen LogP contribution in [0.4, 0.5) is 0 Å². The molecule has 4 rings (SSSR count). The maximum absolute atomic E-state index is 11.6. The Kier molecular flexibility index (Phi) is 9.69. The Labute approximate surface area is 213 Å². The molecule has 1 aliphatic heterocycles. The lowest BCUT2D eigenvalue weighted by atomic mass is 9.79. The number of aliphatic carboxylic acids is 1. The van der Waals surface area contributed by atoms with Gasteiger partial charge in [-0.15, -0.1) is 0 Å². The Morgan fingerprint density at radius 3 is 2.80 bits per heavy atom. The van der Waals surface area contributed by atoms with Crippen molar-refractivity contribution in [1.82, 2.24) is 9.88 Å². The van der Waals surface area contributed by atoms with Gasteiger partial charge in [0, 0.05) is 42.1 Å².